The van der Waals surface area contributed by atoms with Gasteiger partial charge in [0.05, 0.1) is 5.56 Å². The molecule has 0 atom stereocenters. The Kier molecular flexibility index (Phi) is 6.21. The van der Waals surface area contributed by atoms with Gasteiger partial charge < -0.3 is 15.3 Å². The Labute approximate surface area is 159 Å². The van der Waals surface area contributed by atoms with Crippen LogP contribution in [0.1, 0.15) is 31.8 Å². The number of nitrogens with one attached hydrogen (secondary N) is 1. The van der Waals surface area contributed by atoms with Crippen molar-refractivity contribution >= 4 is 11.9 Å². The van der Waals surface area contributed by atoms with Crippen molar-refractivity contribution in [2.75, 3.05) is 33.2 Å². The van der Waals surface area contributed by atoms with Crippen LogP contribution in [0.25, 0.3) is 0 Å². The highest BCUT2D eigenvalue weighted by Gasteiger charge is 2.14. The molecule has 6 heteroatoms. The largest absolute Gasteiger partial charge is 0.478 e. The third-order valence-corrected chi connectivity index (χ3v) is 4.87. The lowest BCUT2D eigenvalue weighted by Crippen LogP contribution is -2.43. The summed E-state index contributed by atoms with van der Waals surface area (Å²) in [4.78, 5) is 27.9. The maximum Gasteiger partial charge on any atom is 0.335 e. The number of hydrogen-bond donors (Lipinski definition) is 2. The first-order chi connectivity index (χ1) is 13.0. The summed E-state index contributed by atoms with van der Waals surface area (Å²) in [6, 6.07) is 14.2. The van der Waals surface area contributed by atoms with E-state index in [1.54, 1.807) is 12.1 Å². The molecule has 142 valence electrons. The summed E-state index contributed by atoms with van der Waals surface area (Å²) in [5, 5.41) is 11.8. The fraction of sp³-hybridized carbons (Fsp3) is 0.333. The summed E-state index contributed by atoms with van der Waals surface area (Å²) < 4.78 is 0. The molecule has 0 bridgehead atoms. The van der Waals surface area contributed by atoms with Crippen LogP contribution in [0.4, 0.5) is 0 Å². The second kappa shape index (κ2) is 8.79. The molecule has 2 aromatic carbocycles. The van der Waals surface area contributed by atoms with Crippen LogP contribution in [0.15, 0.2) is 48.5 Å². The maximum absolute atomic E-state index is 12.3. The first-order valence-corrected chi connectivity index (χ1v) is 9.11. The molecule has 0 saturated carbocycles. The molecule has 6 nitrogen and oxygen atoms in total. The van der Waals surface area contributed by atoms with Crippen molar-refractivity contribution < 1.29 is 14.7 Å². The van der Waals surface area contributed by atoms with Crippen LogP contribution in [-0.4, -0.2) is 60.0 Å². The van der Waals surface area contributed by atoms with E-state index in [4.69, 9.17) is 5.11 Å². The third kappa shape index (κ3) is 5.39. The average molecular weight is 367 g/mol. The Balaban J connectivity index is 1.50. The van der Waals surface area contributed by atoms with E-state index in [-0.39, 0.29) is 11.5 Å². The van der Waals surface area contributed by atoms with Crippen molar-refractivity contribution in [3.05, 3.63) is 70.8 Å². The van der Waals surface area contributed by atoms with Crippen LogP contribution in [0.3, 0.4) is 0 Å². The quantitative estimate of drug-likeness (QED) is 0.818. The molecule has 1 saturated heterocycles. The van der Waals surface area contributed by atoms with E-state index in [9.17, 15) is 9.59 Å². The van der Waals surface area contributed by atoms with Gasteiger partial charge in [-0.25, -0.2) is 4.79 Å². The van der Waals surface area contributed by atoms with Crippen LogP contribution in [0.2, 0.25) is 0 Å². The molecule has 1 aliphatic rings. The molecule has 0 spiro atoms. The van der Waals surface area contributed by atoms with Crippen molar-refractivity contribution in [1.29, 1.82) is 0 Å². The lowest BCUT2D eigenvalue weighted by atomic mass is 10.1. The molecule has 1 amide bonds. The summed E-state index contributed by atoms with van der Waals surface area (Å²) in [7, 11) is 2.14. The van der Waals surface area contributed by atoms with E-state index in [0.717, 1.165) is 38.3 Å². The fourth-order valence-electron chi connectivity index (χ4n) is 3.08. The zero-order valence-electron chi connectivity index (χ0n) is 15.5. The molecule has 1 aliphatic heterocycles. The number of benzene rings is 2. The minimum atomic E-state index is -0.956. The number of rotatable bonds is 6. The normalized spacial score (nSPS) is 15.4. The molecule has 0 aliphatic carbocycles. The Morgan fingerprint density at radius 1 is 0.889 bits per heavy atom. The van der Waals surface area contributed by atoms with Crippen molar-refractivity contribution in [3.63, 3.8) is 0 Å². The molecule has 3 rings (SSSR count). The highest BCUT2D eigenvalue weighted by molar-refractivity contribution is 5.94. The Morgan fingerprint density at radius 3 is 2.04 bits per heavy atom. The SMILES string of the molecule is CN1CCN(Cc2ccc(C(=O)NCc3ccc(C(=O)O)cc3)cc2)CC1. The van der Waals surface area contributed by atoms with E-state index >= 15 is 0 Å². The predicted molar refractivity (Wildman–Crippen MR) is 104 cm³/mol. The average Bonchev–Trinajstić information content (AvgIpc) is 2.69. The van der Waals surface area contributed by atoms with Crippen molar-refractivity contribution in [2.45, 2.75) is 13.1 Å². The topological polar surface area (TPSA) is 72.9 Å². The number of likely N-dealkylation sites (N-methyl/N-ethyl adjacent to an activating group) is 1. The van der Waals surface area contributed by atoms with Gasteiger partial charge in [-0.15, -0.1) is 0 Å². The van der Waals surface area contributed by atoms with Crippen LogP contribution < -0.4 is 5.32 Å². The summed E-state index contributed by atoms with van der Waals surface area (Å²) in [5.41, 5.74) is 2.93. The van der Waals surface area contributed by atoms with Gasteiger partial charge in [0.1, 0.15) is 0 Å². The van der Waals surface area contributed by atoms with Crippen molar-refractivity contribution in [3.8, 4) is 0 Å². The van der Waals surface area contributed by atoms with Gasteiger partial charge >= 0.3 is 5.97 Å². The molecule has 27 heavy (non-hydrogen) atoms. The lowest BCUT2D eigenvalue weighted by molar-refractivity contribution is 0.0696. The van der Waals surface area contributed by atoms with Gasteiger partial charge in [0.2, 0.25) is 0 Å². The van der Waals surface area contributed by atoms with E-state index in [0.29, 0.717) is 12.1 Å². The minimum absolute atomic E-state index is 0.136. The molecule has 2 aromatic rings. The monoisotopic (exact) mass is 367 g/mol. The minimum Gasteiger partial charge on any atom is -0.478 e. The molecule has 1 fully saturated rings. The summed E-state index contributed by atoms with van der Waals surface area (Å²) in [5.74, 6) is -1.09. The molecule has 0 radical (unpaired) electrons. The van der Waals surface area contributed by atoms with Crippen LogP contribution >= 0.6 is 0 Å². The summed E-state index contributed by atoms with van der Waals surface area (Å²) in [6.07, 6.45) is 0. The second-order valence-corrected chi connectivity index (χ2v) is 6.96. The molecule has 2 N–H and O–H groups in total. The van der Waals surface area contributed by atoms with Gasteiger partial charge in [0.25, 0.3) is 5.91 Å². The van der Waals surface area contributed by atoms with Gasteiger partial charge in [0.15, 0.2) is 0 Å². The fourth-order valence-corrected chi connectivity index (χ4v) is 3.08. The van der Waals surface area contributed by atoms with Gasteiger partial charge in [-0.3, -0.25) is 9.69 Å². The first-order valence-electron chi connectivity index (χ1n) is 9.11. The second-order valence-electron chi connectivity index (χ2n) is 6.96. The lowest BCUT2D eigenvalue weighted by Gasteiger charge is -2.32. The predicted octanol–water partition coefficient (Wildman–Crippen LogP) is 2.06. The summed E-state index contributed by atoms with van der Waals surface area (Å²) in [6.45, 7) is 5.59. The van der Waals surface area contributed by atoms with Crippen LogP contribution in [0, 0.1) is 0 Å². The standard InChI is InChI=1S/C21H25N3O3/c1-23-10-12-24(13-11-23)15-17-4-6-18(7-5-17)20(25)22-14-16-2-8-19(9-3-16)21(26)27/h2-9H,10-15H2,1H3,(H,22,25)(H,26,27). The van der Waals surface area contributed by atoms with Gasteiger partial charge in [-0.05, 0) is 42.4 Å². The molecule has 0 aromatic heterocycles. The van der Waals surface area contributed by atoms with E-state index in [1.165, 1.54) is 17.7 Å². The molecule has 1 heterocycles. The van der Waals surface area contributed by atoms with E-state index in [2.05, 4.69) is 22.2 Å². The molecular formula is C21H25N3O3. The van der Waals surface area contributed by atoms with Crippen LogP contribution in [0.5, 0.6) is 0 Å². The van der Waals surface area contributed by atoms with Gasteiger partial charge in [-0.1, -0.05) is 24.3 Å². The number of nitrogens with zero attached hydrogens (tertiary/aromatic N) is 2. The number of carboxylic acid groups (broad SMARTS) is 1. The number of carbonyl (C=O) groups excluding carboxylic acids is 1. The number of carbonyl (C=O) groups is 2. The van der Waals surface area contributed by atoms with E-state index in [1.807, 2.05) is 24.3 Å². The Bertz CT molecular complexity index is 779. The maximum atomic E-state index is 12.3. The first kappa shape index (κ1) is 19.1. The third-order valence-electron chi connectivity index (χ3n) is 4.87. The van der Waals surface area contributed by atoms with Crippen LogP contribution in [-0.2, 0) is 13.1 Å². The van der Waals surface area contributed by atoms with E-state index < -0.39 is 5.97 Å². The number of aromatic carboxylic acids is 1. The van der Waals surface area contributed by atoms with Gasteiger partial charge in [-0.2, -0.15) is 0 Å². The highest BCUT2D eigenvalue weighted by atomic mass is 16.4. The zero-order chi connectivity index (χ0) is 19.2. The number of amides is 1. The number of hydrogen-bond acceptors (Lipinski definition) is 4. The van der Waals surface area contributed by atoms with Gasteiger partial charge in [0, 0.05) is 44.8 Å². The summed E-state index contributed by atoms with van der Waals surface area (Å²) >= 11 is 0. The molecule has 0 unspecified atom stereocenters. The smallest absolute Gasteiger partial charge is 0.335 e. The number of piperazine rings is 1. The Morgan fingerprint density at radius 2 is 1.44 bits per heavy atom. The van der Waals surface area contributed by atoms with Crippen molar-refractivity contribution in [1.82, 2.24) is 15.1 Å². The van der Waals surface area contributed by atoms with Crippen molar-refractivity contribution in [2.24, 2.45) is 0 Å². The Hall–Kier alpha value is -2.70. The zero-order valence-corrected chi connectivity index (χ0v) is 15.5. The number of carboxylic acids is 1. The highest BCUT2D eigenvalue weighted by Crippen LogP contribution is 2.10. The molecular weight excluding hydrogens is 342 g/mol.